The van der Waals surface area contributed by atoms with Crippen molar-refractivity contribution in [1.29, 1.82) is 0 Å². The van der Waals surface area contributed by atoms with Gasteiger partial charge in [-0.25, -0.2) is 0 Å². The van der Waals surface area contributed by atoms with E-state index < -0.39 is 0 Å². The van der Waals surface area contributed by atoms with Crippen LogP contribution in [0.1, 0.15) is 0 Å². The molecule has 0 radical (unpaired) electrons. The second kappa shape index (κ2) is 8.72. The lowest BCUT2D eigenvalue weighted by molar-refractivity contribution is 1.29. The molecule has 0 aliphatic heterocycles. The van der Waals surface area contributed by atoms with Crippen LogP contribution in [0.25, 0.3) is 54.9 Å². The molecular formula is C38H25N. The predicted octanol–water partition coefficient (Wildman–Crippen LogP) is 10.8. The average Bonchev–Trinajstić information content (AvgIpc) is 3.01. The standard InChI is InChI=1S/C38H25N/c1-4-12-26(13-5-1)27-20-21-28-23-35-34(25-30(28)22-27)36-24-29-14-10-11-19-33(29)38(37(35)36)39(31-15-6-2-7-16-31)32-17-8-3-9-18-32/h1-25H. The van der Waals surface area contributed by atoms with Crippen LogP contribution in [0.5, 0.6) is 0 Å². The summed E-state index contributed by atoms with van der Waals surface area (Å²) in [5.74, 6) is 0. The SMILES string of the molecule is c1ccc(-c2ccc3cc4c(cc3c2)-c2cc3ccccc3c(N(c3ccccc3)c3ccccc3)c2-4)cc1. The Morgan fingerprint density at radius 2 is 0.949 bits per heavy atom. The Morgan fingerprint density at radius 3 is 1.67 bits per heavy atom. The summed E-state index contributed by atoms with van der Waals surface area (Å²) in [6, 6.07) is 54.8. The van der Waals surface area contributed by atoms with Crippen molar-refractivity contribution in [1.82, 2.24) is 0 Å². The Morgan fingerprint density at radius 1 is 0.359 bits per heavy atom. The van der Waals surface area contributed by atoms with Crippen LogP contribution >= 0.6 is 0 Å². The van der Waals surface area contributed by atoms with Crippen LogP contribution in [0, 0.1) is 0 Å². The largest absolute Gasteiger partial charge is 0.309 e. The normalized spacial score (nSPS) is 11.6. The summed E-state index contributed by atoms with van der Waals surface area (Å²) in [6.45, 7) is 0. The number of hydrogen-bond acceptors (Lipinski definition) is 1. The molecule has 0 heterocycles. The van der Waals surface area contributed by atoms with Gasteiger partial charge in [0.1, 0.15) is 0 Å². The lowest BCUT2D eigenvalue weighted by Gasteiger charge is -2.35. The molecule has 7 aromatic carbocycles. The maximum absolute atomic E-state index is 2.42. The molecule has 1 aliphatic carbocycles. The monoisotopic (exact) mass is 495 g/mol. The van der Waals surface area contributed by atoms with E-state index in [-0.39, 0.29) is 0 Å². The second-order valence-electron chi connectivity index (χ2n) is 10.2. The van der Waals surface area contributed by atoms with E-state index in [0.717, 1.165) is 11.4 Å². The summed E-state index contributed by atoms with van der Waals surface area (Å²) >= 11 is 0. The molecule has 8 rings (SSSR count). The van der Waals surface area contributed by atoms with Gasteiger partial charge in [-0.15, -0.1) is 0 Å². The molecule has 0 fully saturated rings. The van der Waals surface area contributed by atoms with Gasteiger partial charge in [0.2, 0.25) is 0 Å². The van der Waals surface area contributed by atoms with Gasteiger partial charge in [0, 0.05) is 22.3 Å². The topological polar surface area (TPSA) is 3.24 Å². The molecule has 182 valence electrons. The summed E-state index contributed by atoms with van der Waals surface area (Å²) in [5.41, 5.74) is 11.4. The Balaban J connectivity index is 1.38. The molecule has 1 heteroatoms. The quantitative estimate of drug-likeness (QED) is 0.235. The van der Waals surface area contributed by atoms with Gasteiger partial charge in [0.05, 0.1) is 5.69 Å². The Kier molecular flexibility index (Phi) is 4.89. The van der Waals surface area contributed by atoms with Crippen molar-refractivity contribution in [2.75, 3.05) is 4.90 Å². The van der Waals surface area contributed by atoms with Crippen LogP contribution in [-0.4, -0.2) is 0 Å². The molecule has 0 aromatic heterocycles. The zero-order valence-corrected chi connectivity index (χ0v) is 21.4. The van der Waals surface area contributed by atoms with E-state index in [9.17, 15) is 0 Å². The first-order valence-corrected chi connectivity index (χ1v) is 13.5. The molecule has 0 bridgehead atoms. The first-order valence-electron chi connectivity index (χ1n) is 13.5. The third kappa shape index (κ3) is 3.48. The van der Waals surface area contributed by atoms with Gasteiger partial charge in [-0.3, -0.25) is 0 Å². The van der Waals surface area contributed by atoms with Crippen molar-refractivity contribution in [2.24, 2.45) is 0 Å². The van der Waals surface area contributed by atoms with Crippen LogP contribution in [0.4, 0.5) is 17.1 Å². The molecule has 0 amide bonds. The van der Waals surface area contributed by atoms with E-state index in [4.69, 9.17) is 0 Å². The minimum Gasteiger partial charge on any atom is -0.309 e. The summed E-state index contributed by atoms with van der Waals surface area (Å²) in [6.07, 6.45) is 0. The van der Waals surface area contributed by atoms with E-state index in [1.165, 1.54) is 60.6 Å². The number of nitrogens with zero attached hydrogens (tertiary/aromatic N) is 1. The Hall–Kier alpha value is -5.14. The summed E-state index contributed by atoms with van der Waals surface area (Å²) in [5, 5.41) is 5.06. The predicted molar refractivity (Wildman–Crippen MR) is 166 cm³/mol. The highest BCUT2D eigenvalue weighted by Gasteiger charge is 2.31. The van der Waals surface area contributed by atoms with Gasteiger partial charge in [-0.1, -0.05) is 103 Å². The van der Waals surface area contributed by atoms with Crippen molar-refractivity contribution in [3.05, 3.63) is 152 Å². The van der Waals surface area contributed by atoms with Crippen LogP contribution in [0.3, 0.4) is 0 Å². The fraction of sp³-hybridized carbons (Fsp3) is 0. The maximum atomic E-state index is 2.42. The van der Waals surface area contributed by atoms with E-state index >= 15 is 0 Å². The number of para-hydroxylation sites is 2. The van der Waals surface area contributed by atoms with Crippen molar-refractivity contribution in [3.8, 4) is 33.4 Å². The van der Waals surface area contributed by atoms with Gasteiger partial charge in [-0.05, 0) is 92.5 Å². The molecular weight excluding hydrogens is 470 g/mol. The van der Waals surface area contributed by atoms with Crippen molar-refractivity contribution in [3.63, 3.8) is 0 Å². The molecule has 7 aromatic rings. The highest BCUT2D eigenvalue weighted by molar-refractivity contribution is 6.20. The number of rotatable bonds is 4. The van der Waals surface area contributed by atoms with Crippen LogP contribution in [0.15, 0.2) is 152 Å². The third-order valence-electron chi connectivity index (χ3n) is 7.92. The molecule has 0 saturated heterocycles. The molecule has 1 aliphatic rings. The Labute approximate surface area is 228 Å². The van der Waals surface area contributed by atoms with E-state index in [0.29, 0.717) is 0 Å². The van der Waals surface area contributed by atoms with Gasteiger partial charge in [0.25, 0.3) is 0 Å². The lowest BCUT2D eigenvalue weighted by Crippen LogP contribution is -2.14. The van der Waals surface area contributed by atoms with Gasteiger partial charge >= 0.3 is 0 Å². The third-order valence-corrected chi connectivity index (χ3v) is 7.92. The molecule has 0 atom stereocenters. The highest BCUT2D eigenvalue weighted by atomic mass is 15.1. The van der Waals surface area contributed by atoms with E-state index in [2.05, 4.69) is 157 Å². The minimum absolute atomic E-state index is 1.16. The average molecular weight is 496 g/mol. The summed E-state index contributed by atoms with van der Waals surface area (Å²) < 4.78 is 0. The Bertz CT molecular complexity index is 1950. The fourth-order valence-corrected chi connectivity index (χ4v) is 6.08. The van der Waals surface area contributed by atoms with Crippen molar-refractivity contribution in [2.45, 2.75) is 0 Å². The fourth-order valence-electron chi connectivity index (χ4n) is 6.08. The minimum atomic E-state index is 1.16. The first-order chi connectivity index (χ1) is 19.3. The first kappa shape index (κ1) is 21.9. The number of fused-ring (bicyclic) bond motifs is 6. The molecule has 39 heavy (non-hydrogen) atoms. The van der Waals surface area contributed by atoms with Gasteiger partial charge < -0.3 is 4.90 Å². The maximum Gasteiger partial charge on any atom is 0.0624 e. The smallest absolute Gasteiger partial charge is 0.0624 e. The molecule has 0 saturated carbocycles. The van der Waals surface area contributed by atoms with Crippen LogP contribution < -0.4 is 4.90 Å². The molecule has 0 N–H and O–H groups in total. The summed E-state index contributed by atoms with van der Waals surface area (Å²) in [4.78, 5) is 2.42. The van der Waals surface area contributed by atoms with Gasteiger partial charge in [0.15, 0.2) is 0 Å². The number of benzene rings is 7. The molecule has 1 nitrogen and oxygen atoms in total. The second-order valence-corrected chi connectivity index (χ2v) is 10.2. The van der Waals surface area contributed by atoms with Crippen LogP contribution in [0.2, 0.25) is 0 Å². The van der Waals surface area contributed by atoms with Gasteiger partial charge in [-0.2, -0.15) is 0 Å². The highest BCUT2D eigenvalue weighted by Crippen LogP contribution is 2.57. The molecule has 0 unspecified atom stereocenters. The van der Waals surface area contributed by atoms with E-state index in [1.54, 1.807) is 0 Å². The number of anilines is 3. The summed E-state index contributed by atoms with van der Waals surface area (Å²) in [7, 11) is 0. The molecule has 0 spiro atoms. The zero-order valence-electron chi connectivity index (χ0n) is 21.4. The number of hydrogen-bond donors (Lipinski definition) is 0. The van der Waals surface area contributed by atoms with Crippen LogP contribution in [-0.2, 0) is 0 Å². The van der Waals surface area contributed by atoms with E-state index in [1.807, 2.05) is 0 Å². The van der Waals surface area contributed by atoms with Crippen molar-refractivity contribution < 1.29 is 0 Å². The van der Waals surface area contributed by atoms with Crippen molar-refractivity contribution >= 4 is 38.6 Å². The lowest BCUT2D eigenvalue weighted by atomic mass is 9.76. The zero-order chi connectivity index (χ0) is 25.8.